The molecule has 1 saturated carbocycles. The van der Waals surface area contributed by atoms with Gasteiger partial charge < -0.3 is 10.2 Å². The Hall–Kier alpha value is -2.05. The summed E-state index contributed by atoms with van der Waals surface area (Å²) in [6.45, 7) is 0.758. The first-order chi connectivity index (χ1) is 14.7. The summed E-state index contributed by atoms with van der Waals surface area (Å²) in [5.74, 6) is 0.497. The standard InChI is InChI=1S/C24H28FN3OS.ClH/c25-19-11-13-21(14-12-19)26-23(29)15-22-17-30-24(27-20-9-5-2-6-10-20)28(22)16-18-7-3-1-4-8-18;/h1,3-4,7-8,11-14,20,22H,2,5-6,9-10,15-17H2,(H,26,29);1H/b27-24-;. The van der Waals surface area contributed by atoms with Gasteiger partial charge in [-0.15, -0.1) is 12.4 Å². The molecule has 7 heteroatoms. The summed E-state index contributed by atoms with van der Waals surface area (Å²) < 4.78 is 13.1. The van der Waals surface area contributed by atoms with Crippen molar-refractivity contribution in [2.45, 2.75) is 57.2 Å². The highest BCUT2D eigenvalue weighted by molar-refractivity contribution is 8.14. The fourth-order valence-electron chi connectivity index (χ4n) is 4.08. The van der Waals surface area contributed by atoms with Gasteiger partial charge in [0.15, 0.2) is 5.17 Å². The Morgan fingerprint density at radius 3 is 2.48 bits per heavy atom. The molecule has 1 atom stereocenters. The van der Waals surface area contributed by atoms with Crippen LogP contribution in [-0.2, 0) is 11.3 Å². The zero-order chi connectivity index (χ0) is 20.8. The molecule has 1 aliphatic carbocycles. The molecule has 1 unspecified atom stereocenters. The molecule has 1 aliphatic heterocycles. The van der Waals surface area contributed by atoms with Gasteiger partial charge in [0.25, 0.3) is 0 Å². The molecule has 2 aromatic carbocycles. The molecule has 1 heterocycles. The molecule has 31 heavy (non-hydrogen) atoms. The summed E-state index contributed by atoms with van der Waals surface area (Å²) in [5, 5.41) is 3.97. The van der Waals surface area contributed by atoms with E-state index in [1.54, 1.807) is 23.9 Å². The van der Waals surface area contributed by atoms with Crippen LogP contribution >= 0.6 is 24.2 Å². The molecule has 0 radical (unpaired) electrons. The summed E-state index contributed by atoms with van der Waals surface area (Å²) >= 11 is 1.77. The summed E-state index contributed by atoms with van der Waals surface area (Å²) in [6, 6.07) is 16.8. The Bertz CT molecular complexity index is 872. The Kier molecular flexibility index (Phi) is 8.79. The van der Waals surface area contributed by atoms with E-state index in [0.29, 0.717) is 18.2 Å². The van der Waals surface area contributed by atoms with E-state index in [-0.39, 0.29) is 30.2 Å². The normalized spacial score (nSPS) is 20.5. The lowest BCUT2D eigenvalue weighted by atomic mass is 9.96. The van der Waals surface area contributed by atoms with Crippen molar-refractivity contribution in [3.05, 3.63) is 66.0 Å². The van der Waals surface area contributed by atoms with Crippen molar-refractivity contribution in [2.24, 2.45) is 4.99 Å². The van der Waals surface area contributed by atoms with Crippen LogP contribution in [0.2, 0.25) is 0 Å². The van der Waals surface area contributed by atoms with Crippen LogP contribution < -0.4 is 5.32 Å². The lowest BCUT2D eigenvalue weighted by Crippen LogP contribution is -2.37. The number of carbonyl (C=O) groups is 1. The summed E-state index contributed by atoms with van der Waals surface area (Å²) in [5.41, 5.74) is 1.85. The highest BCUT2D eigenvalue weighted by Crippen LogP contribution is 2.31. The molecule has 1 saturated heterocycles. The maximum atomic E-state index is 13.1. The van der Waals surface area contributed by atoms with E-state index in [9.17, 15) is 9.18 Å². The SMILES string of the molecule is Cl.O=C(CC1CS/C(=N\C2CCCCC2)N1Cc1ccccc1)Nc1ccc(F)cc1. The van der Waals surface area contributed by atoms with Crippen LogP contribution in [0.5, 0.6) is 0 Å². The molecule has 4 nitrogen and oxygen atoms in total. The van der Waals surface area contributed by atoms with Crippen LogP contribution in [0.25, 0.3) is 0 Å². The zero-order valence-electron chi connectivity index (χ0n) is 17.5. The van der Waals surface area contributed by atoms with Gasteiger partial charge in [0.1, 0.15) is 5.82 Å². The molecule has 2 aromatic rings. The van der Waals surface area contributed by atoms with Crippen molar-refractivity contribution < 1.29 is 9.18 Å². The number of aliphatic imine (C=N–C) groups is 1. The maximum absolute atomic E-state index is 13.1. The van der Waals surface area contributed by atoms with Crippen LogP contribution in [0.4, 0.5) is 10.1 Å². The van der Waals surface area contributed by atoms with Crippen LogP contribution in [0, 0.1) is 5.82 Å². The first-order valence-corrected chi connectivity index (χ1v) is 11.7. The van der Waals surface area contributed by atoms with Gasteiger partial charge in [0, 0.05) is 30.4 Å². The molecular formula is C24H29ClFN3OS. The number of rotatable bonds is 6. The third-order valence-corrected chi connectivity index (χ3v) is 6.85. The van der Waals surface area contributed by atoms with E-state index in [1.807, 2.05) is 18.2 Å². The monoisotopic (exact) mass is 461 g/mol. The summed E-state index contributed by atoms with van der Waals surface area (Å²) in [7, 11) is 0. The molecule has 1 amide bonds. The van der Waals surface area contributed by atoms with Crippen LogP contribution in [-0.4, -0.2) is 33.8 Å². The third-order valence-electron chi connectivity index (χ3n) is 5.70. The highest BCUT2D eigenvalue weighted by atomic mass is 35.5. The summed E-state index contributed by atoms with van der Waals surface area (Å²) in [4.78, 5) is 20.1. The van der Waals surface area contributed by atoms with Gasteiger partial charge in [-0.1, -0.05) is 61.4 Å². The largest absolute Gasteiger partial charge is 0.343 e. The number of amidine groups is 1. The number of benzene rings is 2. The van der Waals surface area contributed by atoms with Gasteiger partial charge in [-0.2, -0.15) is 0 Å². The number of thioether (sulfide) groups is 1. The van der Waals surface area contributed by atoms with Crippen LogP contribution in [0.15, 0.2) is 59.6 Å². The number of carbonyl (C=O) groups excluding carboxylic acids is 1. The van der Waals surface area contributed by atoms with Crippen molar-refractivity contribution in [3.63, 3.8) is 0 Å². The minimum atomic E-state index is -0.308. The smallest absolute Gasteiger partial charge is 0.226 e. The Balaban J connectivity index is 0.00000272. The van der Waals surface area contributed by atoms with Crippen molar-refractivity contribution in [2.75, 3.05) is 11.1 Å². The minimum Gasteiger partial charge on any atom is -0.343 e. The molecule has 2 aliphatic rings. The molecule has 0 aromatic heterocycles. The summed E-state index contributed by atoms with van der Waals surface area (Å²) in [6.07, 6.45) is 6.55. The lowest BCUT2D eigenvalue weighted by molar-refractivity contribution is -0.116. The average molecular weight is 462 g/mol. The molecule has 1 N–H and O–H groups in total. The second kappa shape index (κ2) is 11.5. The second-order valence-corrected chi connectivity index (χ2v) is 9.03. The van der Waals surface area contributed by atoms with Crippen molar-refractivity contribution in [3.8, 4) is 0 Å². The second-order valence-electron chi connectivity index (χ2n) is 8.04. The number of amides is 1. The van der Waals surface area contributed by atoms with Gasteiger partial charge >= 0.3 is 0 Å². The maximum Gasteiger partial charge on any atom is 0.226 e. The van der Waals surface area contributed by atoms with Crippen molar-refractivity contribution in [1.29, 1.82) is 0 Å². The molecule has 0 spiro atoms. The van der Waals surface area contributed by atoms with Gasteiger partial charge in [0.05, 0.1) is 6.04 Å². The van der Waals surface area contributed by atoms with Gasteiger partial charge in [0.2, 0.25) is 5.91 Å². The van der Waals surface area contributed by atoms with Gasteiger partial charge in [-0.05, 0) is 42.7 Å². The highest BCUT2D eigenvalue weighted by Gasteiger charge is 2.32. The minimum absolute atomic E-state index is 0. The third kappa shape index (κ3) is 6.71. The predicted molar refractivity (Wildman–Crippen MR) is 129 cm³/mol. The molecule has 4 rings (SSSR count). The molecular weight excluding hydrogens is 433 g/mol. The number of hydrogen-bond donors (Lipinski definition) is 1. The van der Waals surface area contributed by atoms with Gasteiger partial charge in [-0.25, -0.2) is 4.39 Å². The quantitative estimate of drug-likeness (QED) is 0.584. The van der Waals surface area contributed by atoms with E-state index >= 15 is 0 Å². The molecule has 166 valence electrons. The average Bonchev–Trinajstić information content (AvgIpc) is 3.12. The van der Waals surface area contributed by atoms with E-state index in [2.05, 4.69) is 22.3 Å². The number of anilines is 1. The first-order valence-electron chi connectivity index (χ1n) is 10.7. The zero-order valence-corrected chi connectivity index (χ0v) is 19.1. The van der Waals surface area contributed by atoms with Crippen LogP contribution in [0.3, 0.4) is 0 Å². The van der Waals surface area contributed by atoms with Crippen LogP contribution in [0.1, 0.15) is 44.1 Å². The molecule has 2 fully saturated rings. The number of hydrogen-bond acceptors (Lipinski definition) is 3. The van der Waals surface area contributed by atoms with Crippen molar-refractivity contribution >= 4 is 40.9 Å². The van der Waals surface area contributed by atoms with Crippen molar-refractivity contribution in [1.82, 2.24) is 4.90 Å². The topological polar surface area (TPSA) is 44.7 Å². The Labute approximate surface area is 194 Å². The number of nitrogens with one attached hydrogen (secondary N) is 1. The van der Waals surface area contributed by atoms with E-state index in [1.165, 1.54) is 49.8 Å². The van der Waals surface area contributed by atoms with E-state index in [0.717, 1.165) is 17.5 Å². The first kappa shape index (κ1) is 23.6. The Morgan fingerprint density at radius 2 is 1.77 bits per heavy atom. The molecule has 0 bridgehead atoms. The lowest BCUT2D eigenvalue weighted by Gasteiger charge is -2.27. The van der Waals surface area contributed by atoms with E-state index < -0.39 is 0 Å². The Morgan fingerprint density at radius 1 is 1.06 bits per heavy atom. The van der Waals surface area contributed by atoms with E-state index in [4.69, 9.17) is 4.99 Å². The predicted octanol–water partition coefficient (Wildman–Crippen LogP) is 5.88. The van der Waals surface area contributed by atoms with Gasteiger partial charge in [-0.3, -0.25) is 9.79 Å². The fraction of sp³-hybridized carbons (Fsp3) is 0.417. The number of nitrogens with zero attached hydrogens (tertiary/aromatic N) is 2. The number of halogens is 2. The fourth-order valence-corrected chi connectivity index (χ4v) is 5.33.